The highest BCUT2D eigenvalue weighted by Gasteiger charge is 2.46. The number of rotatable bonds is 6. The number of carboxylic acids is 1. The molecule has 144 valence electrons. The van der Waals surface area contributed by atoms with Crippen LogP contribution in [0.1, 0.15) is 12.8 Å². The molecule has 0 bridgehead atoms. The maximum atomic E-state index is 14.0. The molecule has 0 aliphatic carbocycles. The largest absolute Gasteiger partial charge is 0.479 e. The van der Waals surface area contributed by atoms with Gasteiger partial charge in [0.25, 0.3) is 0 Å². The van der Waals surface area contributed by atoms with Crippen LogP contribution in [0.3, 0.4) is 0 Å². The quantitative estimate of drug-likeness (QED) is 0.773. The lowest BCUT2D eigenvalue weighted by atomic mass is 10.1. The van der Waals surface area contributed by atoms with E-state index in [2.05, 4.69) is 4.72 Å². The van der Waals surface area contributed by atoms with Crippen molar-refractivity contribution >= 4 is 32.7 Å². The molecule has 7 nitrogen and oxygen atoms in total. The molecule has 2 aromatic rings. The van der Waals surface area contributed by atoms with E-state index in [1.54, 1.807) is 18.2 Å². The summed E-state index contributed by atoms with van der Waals surface area (Å²) in [5.41, 5.74) is -2.43. The van der Waals surface area contributed by atoms with E-state index < -0.39 is 34.1 Å². The number of hydrogen-bond donors (Lipinski definition) is 2. The van der Waals surface area contributed by atoms with Gasteiger partial charge in [-0.05, 0) is 22.9 Å². The van der Waals surface area contributed by atoms with Crippen molar-refractivity contribution in [3.05, 3.63) is 42.5 Å². The van der Waals surface area contributed by atoms with Crippen LogP contribution in [0.15, 0.2) is 47.4 Å². The van der Waals surface area contributed by atoms with Gasteiger partial charge in [0.05, 0.1) is 11.4 Å². The molecule has 3 rings (SSSR count). The molecule has 0 radical (unpaired) electrons. The summed E-state index contributed by atoms with van der Waals surface area (Å²) in [5.74, 6) is -2.08. The molecule has 0 aromatic heterocycles. The Labute approximate surface area is 155 Å². The topological polar surface area (TPSA) is 104 Å². The monoisotopic (exact) mass is 394 g/mol. The molecule has 1 heterocycles. The number of hydrogen-bond acceptors (Lipinski definition) is 4. The van der Waals surface area contributed by atoms with Crippen LogP contribution in [-0.4, -0.2) is 55.6 Å². The summed E-state index contributed by atoms with van der Waals surface area (Å²) >= 11 is 0. The van der Waals surface area contributed by atoms with Crippen molar-refractivity contribution in [2.45, 2.75) is 23.4 Å². The number of alkyl halides is 1. The van der Waals surface area contributed by atoms with Gasteiger partial charge in [-0.2, -0.15) is 0 Å². The number of carbonyl (C=O) groups is 2. The summed E-state index contributed by atoms with van der Waals surface area (Å²) < 4.78 is 41.1. The van der Waals surface area contributed by atoms with Crippen LogP contribution in [0.5, 0.6) is 0 Å². The molecule has 1 atom stereocenters. The van der Waals surface area contributed by atoms with Crippen molar-refractivity contribution in [3.8, 4) is 0 Å². The van der Waals surface area contributed by atoms with Crippen LogP contribution in [0.4, 0.5) is 4.39 Å². The van der Waals surface area contributed by atoms with E-state index in [1.807, 2.05) is 18.2 Å². The lowest BCUT2D eigenvalue weighted by molar-refractivity contribution is -0.150. The van der Waals surface area contributed by atoms with Crippen molar-refractivity contribution in [2.24, 2.45) is 0 Å². The Hall–Kier alpha value is -2.52. The standard InChI is InChI=1S/C18H19FN2O5S/c19-18(17(23)24)8-10-21(12-18)16(22)7-9-20-27(25,26)15-6-5-13-3-1-2-4-14(13)11-15/h1-6,11,20H,7-10,12H2,(H,23,24). The Morgan fingerprint density at radius 1 is 1.19 bits per heavy atom. The predicted molar refractivity (Wildman–Crippen MR) is 96.4 cm³/mol. The van der Waals surface area contributed by atoms with Crippen molar-refractivity contribution < 1.29 is 27.5 Å². The first kappa shape index (κ1) is 19.2. The Morgan fingerprint density at radius 3 is 2.56 bits per heavy atom. The number of halogens is 1. The fraction of sp³-hybridized carbons (Fsp3) is 0.333. The number of carboxylic acid groups (broad SMARTS) is 1. The molecule has 2 N–H and O–H groups in total. The van der Waals surface area contributed by atoms with Gasteiger partial charge >= 0.3 is 5.97 Å². The van der Waals surface area contributed by atoms with Gasteiger partial charge in [0.2, 0.25) is 21.6 Å². The highest BCUT2D eigenvalue weighted by molar-refractivity contribution is 7.89. The first-order valence-corrected chi connectivity index (χ1v) is 9.88. The fourth-order valence-corrected chi connectivity index (χ4v) is 4.10. The molecular weight excluding hydrogens is 375 g/mol. The summed E-state index contributed by atoms with van der Waals surface area (Å²) in [6.45, 7) is -0.672. The Bertz CT molecular complexity index is 994. The minimum Gasteiger partial charge on any atom is -0.479 e. The zero-order chi connectivity index (χ0) is 19.7. The first-order chi connectivity index (χ1) is 12.7. The Balaban J connectivity index is 1.59. The zero-order valence-corrected chi connectivity index (χ0v) is 15.2. The normalized spacial score (nSPS) is 20.1. The van der Waals surface area contributed by atoms with Gasteiger partial charge in [0, 0.05) is 25.9 Å². The average Bonchev–Trinajstić information content (AvgIpc) is 3.05. The molecule has 27 heavy (non-hydrogen) atoms. The van der Waals surface area contributed by atoms with E-state index in [0.29, 0.717) is 0 Å². The fourth-order valence-electron chi connectivity index (χ4n) is 3.03. The van der Waals surface area contributed by atoms with Gasteiger partial charge in [-0.25, -0.2) is 22.3 Å². The van der Waals surface area contributed by atoms with E-state index in [4.69, 9.17) is 5.11 Å². The minimum absolute atomic E-state index is 0.000935. The van der Waals surface area contributed by atoms with Gasteiger partial charge in [0.1, 0.15) is 0 Å². The molecular formula is C18H19FN2O5S. The number of aliphatic carboxylic acids is 1. The van der Waals surface area contributed by atoms with Crippen LogP contribution in [0.2, 0.25) is 0 Å². The van der Waals surface area contributed by atoms with Gasteiger partial charge in [0.15, 0.2) is 0 Å². The number of fused-ring (bicyclic) bond motifs is 1. The predicted octanol–water partition coefficient (Wildman–Crippen LogP) is 1.53. The number of carbonyl (C=O) groups excluding carboxylic acids is 1. The van der Waals surface area contributed by atoms with Crippen molar-refractivity contribution in [3.63, 3.8) is 0 Å². The summed E-state index contributed by atoms with van der Waals surface area (Å²) in [7, 11) is -3.80. The Morgan fingerprint density at radius 2 is 1.89 bits per heavy atom. The number of nitrogens with zero attached hydrogens (tertiary/aromatic N) is 1. The lowest BCUT2D eigenvalue weighted by Gasteiger charge is -2.17. The molecule has 1 aliphatic heterocycles. The van der Waals surface area contributed by atoms with Crippen molar-refractivity contribution in [1.29, 1.82) is 0 Å². The van der Waals surface area contributed by atoms with Crippen molar-refractivity contribution in [1.82, 2.24) is 9.62 Å². The molecule has 0 saturated carbocycles. The second-order valence-electron chi connectivity index (χ2n) is 6.49. The number of likely N-dealkylation sites (tertiary alicyclic amines) is 1. The molecule has 1 saturated heterocycles. The molecule has 0 spiro atoms. The van der Waals surface area contributed by atoms with E-state index in [-0.39, 0.29) is 30.8 Å². The van der Waals surface area contributed by atoms with Crippen molar-refractivity contribution in [2.75, 3.05) is 19.6 Å². The van der Waals surface area contributed by atoms with E-state index in [0.717, 1.165) is 15.7 Å². The molecule has 1 fully saturated rings. The molecule has 1 amide bonds. The molecule has 9 heteroatoms. The molecule has 2 aromatic carbocycles. The van der Waals surface area contributed by atoms with E-state index in [1.165, 1.54) is 6.07 Å². The minimum atomic E-state index is -3.80. The number of nitrogens with one attached hydrogen (secondary N) is 1. The summed E-state index contributed by atoms with van der Waals surface area (Å²) in [6.07, 6.45) is -0.445. The maximum Gasteiger partial charge on any atom is 0.343 e. The zero-order valence-electron chi connectivity index (χ0n) is 14.4. The van der Waals surface area contributed by atoms with Crippen LogP contribution in [0, 0.1) is 0 Å². The van der Waals surface area contributed by atoms with Gasteiger partial charge in [-0.15, -0.1) is 0 Å². The third kappa shape index (κ3) is 4.09. The van der Waals surface area contributed by atoms with E-state index >= 15 is 0 Å². The van der Waals surface area contributed by atoms with E-state index in [9.17, 15) is 22.4 Å². The molecule has 1 aliphatic rings. The second-order valence-corrected chi connectivity index (χ2v) is 8.26. The van der Waals surface area contributed by atoms with Crippen LogP contribution in [0.25, 0.3) is 10.8 Å². The van der Waals surface area contributed by atoms with Crippen LogP contribution >= 0.6 is 0 Å². The lowest BCUT2D eigenvalue weighted by Crippen LogP contribution is -2.39. The summed E-state index contributed by atoms with van der Waals surface area (Å²) in [5, 5.41) is 10.5. The average molecular weight is 394 g/mol. The second kappa shape index (κ2) is 7.24. The SMILES string of the molecule is O=C(CCNS(=O)(=O)c1ccc2ccccc2c1)N1CCC(F)(C(=O)O)C1. The number of sulfonamides is 1. The van der Waals surface area contributed by atoms with Gasteiger partial charge < -0.3 is 10.0 Å². The highest BCUT2D eigenvalue weighted by Crippen LogP contribution is 2.26. The summed E-state index contributed by atoms with van der Waals surface area (Å²) in [4.78, 5) is 24.2. The third-order valence-corrected chi connectivity index (χ3v) is 6.08. The smallest absolute Gasteiger partial charge is 0.343 e. The van der Waals surface area contributed by atoms with Gasteiger partial charge in [-0.3, -0.25) is 4.79 Å². The van der Waals surface area contributed by atoms with Crippen LogP contribution in [-0.2, 0) is 19.6 Å². The number of benzene rings is 2. The molecule has 1 unspecified atom stereocenters. The van der Waals surface area contributed by atoms with Crippen LogP contribution < -0.4 is 4.72 Å². The first-order valence-electron chi connectivity index (χ1n) is 8.40. The Kier molecular flexibility index (Phi) is 5.16. The maximum absolute atomic E-state index is 14.0. The highest BCUT2D eigenvalue weighted by atomic mass is 32.2. The summed E-state index contributed by atoms with van der Waals surface area (Å²) in [6, 6.07) is 12.1. The number of amides is 1. The third-order valence-electron chi connectivity index (χ3n) is 4.62. The van der Waals surface area contributed by atoms with Gasteiger partial charge in [-0.1, -0.05) is 30.3 Å².